The third-order valence-electron chi connectivity index (χ3n) is 4.89. The highest BCUT2D eigenvalue weighted by molar-refractivity contribution is 4.83. The van der Waals surface area contributed by atoms with E-state index in [1.807, 2.05) is 0 Å². The van der Waals surface area contributed by atoms with Crippen LogP contribution in [0.2, 0.25) is 0 Å². The summed E-state index contributed by atoms with van der Waals surface area (Å²) in [5.41, 5.74) is 0. The topological polar surface area (TPSA) is 32.3 Å². The van der Waals surface area contributed by atoms with Crippen LogP contribution in [-0.2, 0) is 0 Å². The van der Waals surface area contributed by atoms with Gasteiger partial charge in [0.05, 0.1) is 6.10 Å². The molecule has 5 unspecified atom stereocenters. The molecule has 0 aromatic carbocycles. The molecule has 0 aromatic rings. The summed E-state index contributed by atoms with van der Waals surface area (Å²) in [7, 11) is 0. The van der Waals surface area contributed by atoms with Crippen molar-refractivity contribution in [2.45, 2.75) is 64.5 Å². The molecular weight excluding hydrogens is 198 g/mol. The van der Waals surface area contributed by atoms with Gasteiger partial charge in [-0.1, -0.05) is 20.3 Å². The minimum Gasteiger partial charge on any atom is -0.393 e. The van der Waals surface area contributed by atoms with Gasteiger partial charge in [-0.3, -0.25) is 0 Å². The summed E-state index contributed by atoms with van der Waals surface area (Å²) in [5.74, 6) is 2.28. The van der Waals surface area contributed by atoms with Crippen LogP contribution in [0.1, 0.15) is 52.4 Å². The van der Waals surface area contributed by atoms with Gasteiger partial charge in [-0.15, -0.1) is 0 Å². The molecule has 2 N–H and O–H groups in total. The average molecular weight is 225 g/mol. The van der Waals surface area contributed by atoms with Gasteiger partial charge in [-0.25, -0.2) is 0 Å². The Morgan fingerprint density at radius 3 is 2.50 bits per heavy atom. The lowest BCUT2D eigenvalue weighted by Gasteiger charge is -2.33. The molecule has 5 atom stereocenters. The van der Waals surface area contributed by atoms with E-state index in [1.165, 1.54) is 32.1 Å². The van der Waals surface area contributed by atoms with E-state index in [1.54, 1.807) is 0 Å². The van der Waals surface area contributed by atoms with Gasteiger partial charge in [0.15, 0.2) is 0 Å². The standard InChI is InChI=1S/C14H27NO/c1-10-6-7-13(8-11(10)2)15-9-12-4-3-5-14(12)16/h10-16H,3-9H2,1-2H3. The molecule has 0 heterocycles. The second kappa shape index (κ2) is 5.50. The molecule has 0 spiro atoms. The van der Waals surface area contributed by atoms with Gasteiger partial charge in [0.2, 0.25) is 0 Å². The first-order valence-electron chi connectivity index (χ1n) is 7.08. The van der Waals surface area contributed by atoms with Crippen molar-refractivity contribution >= 4 is 0 Å². The van der Waals surface area contributed by atoms with E-state index < -0.39 is 0 Å². The van der Waals surface area contributed by atoms with E-state index in [9.17, 15) is 5.11 Å². The first-order chi connectivity index (χ1) is 7.66. The quantitative estimate of drug-likeness (QED) is 0.773. The Labute approximate surface area is 99.8 Å². The molecule has 2 aliphatic rings. The molecule has 2 aliphatic carbocycles. The van der Waals surface area contributed by atoms with Crippen molar-refractivity contribution in [3.63, 3.8) is 0 Å². The zero-order valence-corrected chi connectivity index (χ0v) is 10.8. The van der Waals surface area contributed by atoms with Gasteiger partial charge in [-0.05, 0) is 49.9 Å². The molecule has 2 rings (SSSR count). The first-order valence-corrected chi connectivity index (χ1v) is 7.08. The molecule has 2 fully saturated rings. The smallest absolute Gasteiger partial charge is 0.0580 e. The maximum Gasteiger partial charge on any atom is 0.0580 e. The maximum absolute atomic E-state index is 9.77. The third-order valence-corrected chi connectivity index (χ3v) is 4.89. The summed E-state index contributed by atoms with van der Waals surface area (Å²) < 4.78 is 0. The summed E-state index contributed by atoms with van der Waals surface area (Å²) >= 11 is 0. The summed E-state index contributed by atoms with van der Waals surface area (Å²) in [5, 5.41) is 13.5. The Morgan fingerprint density at radius 1 is 1.06 bits per heavy atom. The molecule has 0 saturated heterocycles. The van der Waals surface area contributed by atoms with E-state index >= 15 is 0 Å². The first kappa shape index (κ1) is 12.4. The monoisotopic (exact) mass is 225 g/mol. The summed E-state index contributed by atoms with van der Waals surface area (Å²) in [6.45, 7) is 5.79. The van der Waals surface area contributed by atoms with Crippen molar-refractivity contribution in [2.24, 2.45) is 17.8 Å². The van der Waals surface area contributed by atoms with Crippen LogP contribution in [0.25, 0.3) is 0 Å². The number of aliphatic hydroxyl groups excluding tert-OH is 1. The van der Waals surface area contributed by atoms with Crippen LogP contribution >= 0.6 is 0 Å². The largest absolute Gasteiger partial charge is 0.393 e. The van der Waals surface area contributed by atoms with Crippen molar-refractivity contribution in [1.82, 2.24) is 5.32 Å². The van der Waals surface area contributed by atoms with E-state index in [-0.39, 0.29) is 6.10 Å². The third kappa shape index (κ3) is 2.98. The van der Waals surface area contributed by atoms with Crippen LogP contribution in [0.15, 0.2) is 0 Å². The van der Waals surface area contributed by atoms with Gasteiger partial charge in [-0.2, -0.15) is 0 Å². The zero-order chi connectivity index (χ0) is 11.5. The van der Waals surface area contributed by atoms with Crippen molar-refractivity contribution in [3.05, 3.63) is 0 Å². The molecule has 94 valence electrons. The van der Waals surface area contributed by atoms with Crippen LogP contribution in [0.4, 0.5) is 0 Å². The van der Waals surface area contributed by atoms with Crippen molar-refractivity contribution < 1.29 is 5.11 Å². The lowest BCUT2D eigenvalue weighted by Crippen LogP contribution is -2.40. The van der Waals surface area contributed by atoms with Crippen molar-refractivity contribution in [1.29, 1.82) is 0 Å². The molecule has 16 heavy (non-hydrogen) atoms. The molecule has 0 aromatic heterocycles. The molecule has 0 amide bonds. The molecule has 0 aliphatic heterocycles. The molecule has 0 radical (unpaired) electrons. The lowest BCUT2D eigenvalue weighted by molar-refractivity contribution is 0.125. The molecule has 0 bridgehead atoms. The Balaban J connectivity index is 1.70. The van der Waals surface area contributed by atoms with Crippen LogP contribution in [-0.4, -0.2) is 23.8 Å². The highest BCUT2D eigenvalue weighted by Crippen LogP contribution is 2.30. The normalized spacial score (nSPS) is 44.8. The second-order valence-electron chi connectivity index (χ2n) is 6.13. The van der Waals surface area contributed by atoms with Gasteiger partial charge in [0, 0.05) is 12.6 Å². The predicted molar refractivity (Wildman–Crippen MR) is 67.3 cm³/mol. The Morgan fingerprint density at radius 2 is 1.88 bits per heavy atom. The number of rotatable bonds is 3. The van der Waals surface area contributed by atoms with E-state index in [2.05, 4.69) is 19.2 Å². The van der Waals surface area contributed by atoms with Crippen molar-refractivity contribution in [2.75, 3.05) is 6.54 Å². The summed E-state index contributed by atoms with van der Waals surface area (Å²) in [4.78, 5) is 0. The van der Waals surface area contributed by atoms with E-state index in [0.29, 0.717) is 12.0 Å². The van der Waals surface area contributed by atoms with E-state index in [4.69, 9.17) is 0 Å². The van der Waals surface area contributed by atoms with Crippen LogP contribution < -0.4 is 5.32 Å². The minimum absolute atomic E-state index is 0.0348. The SMILES string of the molecule is CC1CCC(NCC2CCCC2O)CC1C. The second-order valence-corrected chi connectivity index (χ2v) is 6.13. The predicted octanol–water partition coefficient (Wildman–Crippen LogP) is 2.56. The number of aliphatic hydroxyl groups is 1. The Kier molecular flexibility index (Phi) is 4.26. The van der Waals surface area contributed by atoms with Gasteiger partial charge < -0.3 is 10.4 Å². The fourth-order valence-corrected chi connectivity index (χ4v) is 3.31. The van der Waals surface area contributed by atoms with Crippen LogP contribution in [0, 0.1) is 17.8 Å². The lowest BCUT2D eigenvalue weighted by atomic mass is 9.79. The molecule has 2 saturated carbocycles. The van der Waals surface area contributed by atoms with Crippen LogP contribution in [0.5, 0.6) is 0 Å². The van der Waals surface area contributed by atoms with Gasteiger partial charge >= 0.3 is 0 Å². The molecular formula is C14H27NO. The Bertz CT molecular complexity index is 219. The van der Waals surface area contributed by atoms with E-state index in [0.717, 1.165) is 24.8 Å². The van der Waals surface area contributed by atoms with Crippen molar-refractivity contribution in [3.8, 4) is 0 Å². The summed E-state index contributed by atoms with van der Waals surface area (Å²) in [6, 6.07) is 0.707. The maximum atomic E-state index is 9.77. The number of nitrogens with one attached hydrogen (secondary N) is 1. The summed E-state index contributed by atoms with van der Waals surface area (Å²) in [6.07, 6.45) is 7.43. The highest BCUT2D eigenvalue weighted by atomic mass is 16.3. The minimum atomic E-state index is -0.0348. The average Bonchev–Trinajstić information content (AvgIpc) is 2.66. The molecule has 2 nitrogen and oxygen atoms in total. The van der Waals surface area contributed by atoms with Gasteiger partial charge in [0.1, 0.15) is 0 Å². The fourth-order valence-electron chi connectivity index (χ4n) is 3.31. The highest BCUT2D eigenvalue weighted by Gasteiger charge is 2.28. The van der Waals surface area contributed by atoms with Gasteiger partial charge in [0.25, 0.3) is 0 Å². The molecule has 2 heteroatoms. The zero-order valence-electron chi connectivity index (χ0n) is 10.8. The van der Waals surface area contributed by atoms with Crippen LogP contribution in [0.3, 0.4) is 0 Å². The fraction of sp³-hybridized carbons (Fsp3) is 1.00. The number of hydrogen-bond acceptors (Lipinski definition) is 2. The Hall–Kier alpha value is -0.0800. The number of hydrogen-bond donors (Lipinski definition) is 2.